The Morgan fingerprint density at radius 3 is 2.79 bits per heavy atom. The van der Waals surface area contributed by atoms with Gasteiger partial charge >= 0.3 is 12.0 Å². The molecule has 3 N–H and O–H groups in total. The van der Waals surface area contributed by atoms with Crippen LogP contribution < -0.4 is 10.6 Å². The van der Waals surface area contributed by atoms with E-state index in [0.29, 0.717) is 12.3 Å². The Balaban J connectivity index is 1.32. The van der Waals surface area contributed by atoms with Crippen LogP contribution in [0.4, 0.5) is 4.79 Å². The topological polar surface area (TPSA) is 100 Å². The van der Waals surface area contributed by atoms with E-state index >= 15 is 0 Å². The molecule has 3 rings (SSSR count). The third-order valence-electron chi connectivity index (χ3n) is 5.55. The Hall–Kier alpha value is -2.83. The van der Waals surface area contributed by atoms with E-state index in [0.717, 1.165) is 42.1 Å². The first kappa shape index (κ1) is 20.9. The van der Waals surface area contributed by atoms with Crippen LogP contribution in [0, 0.1) is 5.92 Å². The van der Waals surface area contributed by atoms with E-state index in [-0.39, 0.29) is 12.5 Å². The van der Waals surface area contributed by atoms with Crippen molar-refractivity contribution < 1.29 is 19.1 Å². The van der Waals surface area contributed by atoms with Gasteiger partial charge in [-0.25, -0.2) is 4.79 Å². The first-order chi connectivity index (χ1) is 14.0. The lowest BCUT2D eigenvalue weighted by molar-refractivity contribution is -0.148. The Morgan fingerprint density at radius 1 is 1.17 bits per heavy atom. The Labute approximate surface area is 170 Å². The fraction of sp³-hybridized carbons (Fsp3) is 0.500. The molecule has 7 heteroatoms. The van der Waals surface area contributed by atoms with Crippen molar-refractivity contribution in [3.05, 3.63) is 36.0 Å². The number of nitrogens with one attached hydrogen (secondary N) is 3. The van der Waals surface area contributed by atoms with Crippen molar-refractivity contribution >= 4 is 28.8 Å². The predicted molar refractivity (Wildman–Crippen MR) is 110 cm³/mol. The molecule has 0 spiro atoms. The Bertz CT molecular complexity index is 861. The van der Waals surface area contributed by atoms with Crippen molar-refractivity contribution in [3.63, 3.8) is 0 Å². The minimum Gasteiger partial charge on any atom is -0.456 e. The number of carbonyl (C=O) groups excluding carboxylic acids is 3. The summed E-state index contributed by atoms with van der Waals surface area (Å²) >= 11 is 0. The molecule has 1 heterocycles. The lowest BCUT2D eigenvalue weighted by Gasteiger charge is -2.29. The number of aromatic amines is 1. The van der Waals surface area contributed by atoms with Crippen molar-refractivity contribution in [1.29, 1.82) is 0 Å². The zero-order valence-electron chi connectivity index (χ0n) is 16.8. The Kier molecular flexibility index (Phi) is 7.27. The van der Waals surface area contributed by atoms with Crippen molar-refractivity contribution in [2.75, 3.05) is 6.61 Å². The molecule has 1 aromatic heterocycles. The number of amides is 3. The second-order valence-corrected chi connectivity index (χ2v) is 7.76. The molecule has 2 atom stereocenters. The maximum Gasteiger partial charge on any atom is 0.321 e. The van der Waals surface area contributed by atoms with Gasteiger partial charge in [0.2, 0.25) is 0 Å². The highest BCUT2D eigenvalue weighted by Crippen LogP contribution is 2.23. The van der Waals surface area contributed by atoms with Gasteiger partial charge in [-0.1, -0.05) is 38.0 Å². The lowest BCUT2D eigenvalue weighted by Crippen LogP contribution is -2.48. The minimum absolute atomic E-state index is 0.0867. The largest absolute Gasteiger partial charge is 0.456 e. The number of urea groups is 1. The number of aromatic nitrogens is 1. The van der Waals surface area contributed by atoms with Crippen molar-refractivity contribution in [1.82, 2.24) is 15.6 Å². The van der Waals surface area contributed by atoms with Crippen molar-refractivity contribution in [2.45, 2.75) is 57.9 Å². The number of para-hydroxylation sites is 1. The number of H-pyrrole nitrogens is 1. The maximum absolute atomic E-state index is 11.9. The number of hydrogen-bond acceptors (Lipinski definition) is 4. The first-order valence-electron chi connectivity index (χ1n) is 10.3. The standard InChI is InChI=1S/C22H29N3O4/c1-15-7-2-4-10-18(15)24-22(28)25-20(26)14-29-21(27)12-6-8-16-13-23-19-11-5-3-9-17(16)19/h3,5,9,11,13,15,18,23H,2,4,6-8,10,12,14H2,1H3,(H2,24,25,26,28)/t15-,18+/m1/s1. The highest BCUT2D eigenvalue weighted by molar-refractivity contribution is 5.95. The van der Waals surface area contributed by atoms with E-state index in [1.54, 1.807) is 0 Å². The monoisotopic (exact) mass is 399 g/mol. The van der Waals surface area contributed by atoms with Gasteiger partial charge in [0.15, 0.2) is 6.61 Å². The molecule has 2 aromatic rings. The van der Waals surface area contributed by atoms with E-state index < -0.39 is 24.5 Å². The molecule has 0 unspecified atom stereocenters. The molecule has 3 amide bonds. The SMILES string of the molecule is C[C@@H]1CCCC[C@@H]1NC(=O)NC(=O)COC(=O)CCCc1c[nH]c2ccccc12. The summed E-state index contributed by atoms with van der Waals surface area (Å²) in [6.45, 7) is 1.66. The van der Waals surface area contributed by atoms with Gasteiger partial charge in [-0.2, -0.15) is 0 Å². The molecule has 1 aliphatic rings. The third kappa shape index (κ3) is 6.07. The second kappa shape index (κ2) is 10.1. The molecule has 1 saturated carbocycles. The summed E-state index contributed by atoms with van der Waals surface area (Å²) in [7, 11) is 0. The first-order valence-corrected chi connectivity index (χ1v) is 10.3. The van der Waals surface area contributed by atoms with Gasteiger partial charge in [0, 0.05) is 29.6 Å². The summed E-state index contributed by atoms with van der Waals surface area (Å²) < 4.78 is 4.98. The second-order valence-electron chi connectivity index (χ2n) is 7.76. The van der Waals surface area contributed by atoms with Gasteiger partial charge in [-0.15, -0.1) is 0 Å². The quantitative estimate of drug-likeness (QED) is 0.621. The van der Waals surface area contributed by atoms with E-state index in [1.165, 1.54) is 6.42 Å². The van der Waals surface area contributed by atoms with Gasteiger partial charge in [0.1, 0.15) is 0 Å². The number of fused-ring (bicyclic) bond motifs is 1. The normalized spacial score (nSPS) is 18.9. The number of rotatable bonds is 7. The zero-order valence-corrected chi connectivity index (χ0v) is 16.8. The van der Waals surface area contributed by atoms with Crippen LogP contribution in [0.5, 0.6) is 0 Å². The fourth-order valence-corrected chi connectivity index (χ4v) is 3.88. The van der Waals surface area contributed by atoms with Crippen LogP contribution in [0.15, 0.2) is 30.5 Å². The molecule has 1 fully saturated rings. The molecule has 0 aliphatic heterocycles. The number of aryl methyl sites for hydroxylation is 1. The summed E-state index contributed by atoms with van der Waals surface area (Å²) in [6, 6.07) is 7.58. The number of ether oxygens (including phenoxy) is 1. The van der Waals surface area contributed by atoms with E-state index in [4.69, 9.17) is 4.74 Å². The average Bonchev–Trinajstić information content (AvgIpc) is 3.11. The molecular weight excluding hydrogens is 370 g/mol. The molecule has 0 bridgehead atoms. The summed E-state index contributed by atoms with van der Waals surface area (Å²) in [4.78, 5) is 38.9. The molecule has 156 valence electrons. The number of carbonyl (C=O) groups is 3. The van der Waals surface area contributed by atoms with Gasteiger partial charge in [-0.05, 0) is 43.2 Å². The van der Waals surface area contributed by atoms with Crippen LogP contribution in [-0.4, -0.2) is 35.5 Å². The smallest absolute Gasteiger partial charge is 0.321 e. The van der Waals surface area contributed by atoms with Gasteiger partial charge in [-0.3, -0.25) is 14.9 Å². The summed E-state index contributed by atoms with van der Waals surface area (Å²) in [5.74, 6) is -0.656. The van der Waals surface area contributed by atoms with Gasteiger partial charge in [0.05, 0.1) is 0 Å². The van der Waals surface area contributed by atoms with Crippen LogP contribution in [0.2, 0.25) is 0 Å². The third-order valence-corrected chi connectivity index (χ3v) is 5.55. The zero-order chi connectivity index (χ0) is 20.6. The summed E-state index contributed by atoms with van der Waals surface area (Å²) in [6.07, 6.45) is 7.81. The highest BCUT2D eigenvalue weighted by Gasteiger charge is 2.23. The average molecular weight is 399 g/mol. The number of benzene rings is 1. The van der Waals surface area contributed by atoms with Crippen LogP contribution in [-0.2, 0) is 20.7 Å². The van der Waals surface area contributed by atoms with E-state index in [2.05, 4.69) is 22.5 Å². The molecule has 1 aliphatic carbocycles. The summed E-state index contributed by atoms with van der Waals surface area (Å²) in [5, 5.41) is 6.22. The lowest BCUT2D eigenvalue weighted by atomic mass is 9.86. The molecular formula is C22H29N3O4. The minimum atomic E-state index is -0.615. The molecule has 1 aromatic carbocycles. The van der Waals surface area contributed by atoms with Gasteiger partial charge in [0.25, 0.3) is 5.91 Å². The van der Waals surface area contributed by atoms with Crippen LogP contribution in [0.3, 0.4) is 0 Å². The van der Waals surface area contributed by atoms with Gasteiger partial charge < -0.3 is 15.0 Å². The predicted octanol–water partition coefficient (Wildman–Crippen LogP) is 3.44. The fourth-order valence-electron chi connectivity index (χ4n) is 3.88. The van der Waals surface area contributed by atoms with Crippen molar-refractivity contribution in [2.24, 2.45) is 5.92 Å². The van der Waals surface area contributed by atoms with Crippen LogP contribution in [0.25, 0.3) is 10.9 Å². The number of hydrogen-bond donors (Lipinski definition) is 3. The number of esters is 1. The van der Waals surface area contributed by atoms with E-state index in [1.807, 2.05) is 30.5 Å². The highest BCUT2D eigenvalue weighted by atomic mass is 16.5. The molecule has 29 heavy (non-hydrogen) atoms. The Morgan fingerprint density at radius 2 is 1.97 bits per heavy atom. The van der Waals surface area contributed by atoms with Crippen molar-refractivity contribution in [3.8, 4) is 0 Å². The molecule has 0 saturated heterocycles. The van der Waals surface area contributed by atoms with Crippen LogP contribution in [0.1, 0.15) is 51.0 Å². The molecule has 7 nitrogen and oxygen atoms in total. The van der Waals surface area contributed by atoms with Crippen LogP contribution >= 0.6 is 0 Å². The summed E-state index contributed by atoms with van der Waals surface area (Å²) in [5.41, 5.74) is 2.22. The molecule has 0 radical (unpaired) electrons. The maximum atomic E-state index is 11.9. The van der Waals surface area contributed by atoms with E-state index in [9.17, 15) is 14.4 Å². The number of imide groups is 1.